The molecule has 1 amide bonds. The first kappa shape index (κ1) is 13.9. The second-order valence-electron chi connectivity index (χ2n) is 4.05. The average molecular weight is 276 g/mol. The summed E-state index contributed by atoms with van der Waals surface area (Å²) in [5, 5.41) is 12.5. The lowest BCUT2D eigenvalue weighted by molar-refractivity contribution is 0.0949. The minimum atomic E-state index is -0.251. The summed E-state index contributed by atoms with van der Waals surface area (Å²) in [5.41, 5.74) is 1.32. The van der Waals surface area contributed by atoms with Crippen molar-refractivity contribution in [2.24, 2.45) is 0 Å². The summed E-state index contributed by atoms with van der Waals surface area (Å²) in [6, 6.07) is 5.66. The zero-order chi connectivity index (χ0) is 14.4. The number of methoxy groups -OCH3 is 2. The number of benzene rings is 1. The Kier molecular flexibility index (Phi) is 4.54. The molecule has 2 aromatic rings. The van der Waals surface area contributed by atoms with Crippen LogP contribution in [-0.4, -0.2) is 42.1 Å². The van der Waals surface area contributed by atoms with Gasteiger partial charge >= 0.3 is 0 Å². The summed E-state index contributed by atoms with van der Waals surface area (Å²) < 4.78 is 10.4. The van der Waals surface area contributed by atoms with Crippen LogP contribution in [0.25, 0.3) is 0 Å². The van der Waals surface area contributed by atoms with Gasteiger partial charge in [0.2, 0.25) is 0 Å². The number of carbonyl (C=O) groups excluding carboxylic acids is 1. The Morgan fingerprint density at radius 2 is 2.10 bits per heavy atom. The minimum absolute atomic E-state index is 0.251. The number of hydrogen-bond acceptors (Lipinski definition) is 5. The van der Waals surface area contributed by atoms with Crippen LogP contribution in [0.5, 0.6) is 11.5 Å². The molecule has 2 rings (SSSR count). The molecular formula is C13H16N4O3. The number of aromatic nitrogens is 3. The SMILES string of the molecule is COc1ccc(CCNC(=O)c2cn[nH]n2)cc1OC. The molecule has 0 aliphatic carbocycles. The standard InChI is InChI=1S/C13H16N4O3/c1-19-11-4-3-9(7-12(11)20-2)5-6-14-13(18)10-8-15-17-16-10/h3-4,7-8H,5-6H2,1-2H3,(H,14,18)(H,15,16,17). The van der Waals surface area contributed by atoms with Crippen LogP contribution in [0.3, 0.4) is 0 Å². The molecular weight excluding hydrogens is 260 g/mol. The molecule has 20 heavy (non-hydrogen) atoms. The van der Waals surface area contributed by atoms with E-state index >= 15 is 0 Å². The fraction of sp³-hybridized carbons (Fsp3) is 0.308. The minimum Gasteiger partial charge on any atom is -0.493 e. The van der Waals surface area contributed by atoms with Crippen LogP contribution in [0.1, 0.15) is 16.1 Å². The Bertz CT molecular complexity index is 569. The van der Waals surface area contributed by atoms with Crippen molar-refractivity contribution in [1.29, 1.82) is 0 Å². The molecule has 0 saturated carbocycles. The van der Waals surface area contributed by atoms with E-state index in [0.717, 1.165) is 5.56 Å². The number of hydrogen-bond donors (Lipinski definition) is 2. The van der Waals surface area contributed by atoms with Gasteiger partial charge in [0.25, 0.3) is 5.91 Å². The summed E-state index contributed by atoms with van der Waals surface area (Å²) >= 11 is 0. The van der Waals surface area contributed by atoms with Crippen LogP contribution in [0, 0.1) is 0 Å². The zero-order valence-corrected chi connectivity index (χ0v) is 11.3. The third kappa shape index (κ3) is 3.25. The quantitative estimate of drug-likeness (QED) is 0.814. The molecule has 0 spiro atoms. The second-order valence-corrected chi connectivity index (χ2v) is 4.05. The van der Waals surface area contributed by atoms with Crippen LogP contribution in [-0.2, 0) is 6.42 Å². The molecule has 1 aromatic heterocycles. The number of nitrogens with zero attached hydrogens (tertiary/aromatic N) is 2. The lowest BCUT2D eigenvalue weighted by Crippen LogP contribution is -2.26. The number of nitrogens with one attached hydrogen (secondary N) is 2. The van der Waals surface area contributed by atoms with Gasteiger partial charge in [0.15, 0.2) is 17.2 Å². The number of amides is 1. The van der Waals surface area contributed by atoms with E-state index in [2.05, 4.69) is 20.7 Å². The molecule has 0 aliphatic rings. The molecule has 0 saturated heterocycles. The van der Waals surface area contributed by atoms with E-state index in [4.69, 9.17) is 9.47 Å². The number of rotatable bonds is 6. The Morgan fingerprint density at radius 3 is 2.75 bits per heavy atom. The van der Waals surface area contributed by atoms with Gasteiger partial charge < -0.3 is 14.8 Å². The van der Waals surface area contributed by atoms with E-state index in [1.807, 2.05) is 18.2 Å². The zero-order valence-electron chi connectivity index (χ0n) is 11.3. The first-order chi connectivity index (χ1) is 9.74. The Morgan fingerprint density at radius 1 is 1.30 bits per heavy atom. The number of H-pyrrole nitrogens is 1. The van der Waals surface area contributed by atoms with Gasteiger partial charge in [-0.3, -0.25) is 4.79 Å². The monoisotopic (exact) mass is 276 g/mol. The highest BCUT2D eigenvalue weighted by molar-refractivity contribution is 5.91. The van der Waals surface area contributed by atoms with Gasteiger partial charge in [0.05, 0.1) is 20.4 Å². The predicted molar refractivity (Wildman–Crippen MR) is 72.0 cm³/mol. The van der Waals surface area contributed by atoms with Crippen LogP contribution >= 0.6 is 0 Å². The van der Waals surface area contributed by atoms with Crippen molar-refractivity contribution >= 4 is 5.91 Å². The number of ether oxygens (including phenoxy) is 2. The Balaban J connectivity index is 1.89. The van der Waals surface area contributed by atoms with E-state index in [-0.39, 0.29) is 11.6 Å². The molecule has 2 N–H and O–H groups in total. The highest BCUT2D eigenvalue weighted by Gasteiger charge is 2.08. The smallest absolute Gasteiger partial charge is 0.273 e. The predicted octanol–water partition coefficient (Wildman–Crippen LogP) is 0.794. The van der Waals surface area contributed by atoms with Gasteiger partial charge in [-0.05, 0) is 24.1 Å². The van der Waals surface area contributed by atoms with Crippen molar-refractivity contribution in [3.05, 3.63) is 35.7 Å². The molecule has 0 unspecified atom stereocenters. The van der Waals surface area contributed by atoms with Crippen molar-refractivity contribution in [1.82, 2.24) is 20.7 Å². The van der Waals surface area contributed by atoms with Crippen molar-refractivity contribution in [3.8, 4) is 11.5 Å². The van der Waals surface area contributed by atoms with Crippen LogP contribution in [0.4, 0.5) is 0 Å². The molecule has 106 valence electrons. The summed E-state index contributed by atoms with van der Waals surface area (Å²) in [4.78, 5) is 11.6. The summed E-state index contributed by atoms with van der Waals surface area (Å²) in [5.74, 6) is 1.11. The molecule has 0 aliphatic heterocycles. The molecule has 1 heterocycles. The molecule has 0 bridgehead atoms. The number of aromatic amines is 1. The van der Waals surface area contributed by atoms with Crippen molar-refractivity contribution in [3.63, 3.8) is 0 Å². The summed E-state index contributed by atoms with van der Waals surface area (Å²) in [6.07, 6.45) is 2.07. The lowest BCUT2D eigenvalue weighted by atomic mass is 10.1. The fourth-order valence-electron chi connectivity index (χ4n) is 1.76. The van der Waals surface area contributed by atoms with Gasteiger partial charge in [0.1, 0.15) is 0 Å². The van der Waals surface area contributed by atoms with E-state index in [0.29, 0.717) is 24.5 Å². The fourth-order valence-corrected chi connectivity index (χ4v) is 1.76. The largest absolute Gasteiger partial charge is 0.493 e. The summed E-state index contributed by atoms with van der Waals surface area (Å²) in [6.45, 7) is 0.501. The highest BCUT2D eigenvalue weighted by atomic mass is 16.5. The molecule has 0 radical (unpaired) electrons. The maximum Gasteiger partial charge on any atom is 0.273 e. The van der Waals surface area contributed by atoms with Gasteiger partial charge in [-0.1, -0.05) is 6.07 Å². The molecule has 0 fully saturated rings. The van der Waals surface area contributed by atoms with Crippen molar-refractivity contribution in [2.45, 2.75) is 6.42 Å². The third-order valence-electron chi connectivity index (χ3n) is 2.79. The van der Waals surface area contributed by atoms with E-state index in [1.165, 1.54) is 6.20 Å². The third-order valence-corrected chi connectivity index (χ3v) is 2.79. The topological polar surface area (TPSA) is 89.1 Å². The van der Waals surface area contributed by atoms with Crippen LogP contribution < -0.4 is 14.8 Å². The second kappa shape index (κ2) is 6.55. The van der Waals surface area contributed by atoms with Gasteiger partial charge in [-0.25, -0.2) is 0 Å². The lowest BCUT2D eigenvalue weighted by Gasteiger charge is -2.09. The average Bonchev–Trinajstić information content (AvgIpc) is 3.01. The van der Waals surface area contributed by atoms with Gasteiger partial charge in [-0.15, -0.1) is 0 Å². The van der Waals surface area contributed by atoms with E-state index < -0.39 is 0 Å². The molecule has 1 aromatic carbocycles. The number of carbonyl (C=O) groups is 1. The van der Waals surface area contributed by atoms with Crippen LogP contribution in [0.15, 0.2) is 24.4 Å². The first-order valence-corrected chi connectivity index (χ1v) is 6.09. The maximum absolute atomic E-state index is 11.6. The van der Waals surface area contributed by atoms with E-state index in [1.54, 1.807) is 14.2 Å². The van der Waals surface area contributed by atoms with Crippen molar-refractivity contribution in [2.75, 3.05) is 20.8 Å². The van der Waals surface area contributed by atoms with Gasteiger partial charge in [-0.2, -0.15) is 15.4 Å². The van der Waals surface area contributed by atoms with E-state index in [9.17, 15) is 4.79 Å². The van der Waals surface area contributed by atoms with Crippen LogP contribution in [0.2, 0.25) is 0 Å². The summed E-state index contributed by atoms with van der Waals surface area (Å²) in [7, 11) is 3.18. The molecule has 0 atom stereocenters. The molecule has 7 nitrogen and oxygen atoms in total. The Hall–Kier alpha value is -2.57. The van der Waals surface area contributed by atoms with Gasteiger partial charge in [0, 0.05) is 6.54 Å². The Labute approximate surface area is 116 Å². The van der Waals surface area contributed by atoms with Crippen molar-refractivity contribution < 1.29 is 14.3 Å². The maximum atomic E-state index is 11.6. The normalized spacial score (nSPS) is 10.1. The molecule has 7 heteroatoms. The first-order valence-electron chi connectivity index (χ1n) is 6.09. The highest BCUT2D eigenvalue weighted by Crippen LogP contribution is 2.27.